The number of nitrogens with zero attached hydrogens (tertiary/aromatic N) is 1. The van der Waals surface area contributed by atoms with E-state index in [0.717, 1.165) is 34.6 Å². The number of aromatic nitrogens is 2. The Balaban J connectivity index is 1.58. The van der Waals surface area contributed by atoms with Gasteiger partial charge in [0, 0.05) is 43.4 Å². The molecule has 0 spiro atoms. The maximum atomic E-state index is 13.5. The zero-order chi connectivity index (χ0) is 19.5. The van der Waals surface area contributed by atoms with Gasteiger partial charge in [0.2, 0.25) is 0 Å². The topological polar surface area (TPSA) is 68.4 Å². The Labute approximate surface area is 162 Å². The first-order chi connectivity index (χ1) is 13.7. The molecule has 0 saturated heterocycles. The Bertz CT molecular complexity index is 987. The second kappa shape index (κ2) is 7.90. The Morgan fingerprint density at radius 3 is 2.82 bits per heavy atom. The molecule has 0 radical (unpaired) electrons. The van der Waals surface area contributed by atoms with Crippen molar-refractivity contribution in [3.63, 3.8) is 0 Å². The summed E-state index contributed by atoms with van der Waals surface area (Å²) in [5.74, 6) is 1.80. The van der Waals surface area contributed by atoms with Crippen LogP contribution in [0.3, 0.4) is 0 Å². The fraction of sp³-hybridized carbons (Fsp3) is 0.286. The third-order valence-corrected chi connectivity index (χ3v) is 4.73. The average Bonchev–Trinajstić information content (AvgIpc) is 3.24. The van der Waals surface area contributed by atoms with Crippen LogP contribution in [0.1, 0.15) is 17.5 Å². The molecule has 1 aliphatic rings. The summed E-state index contributed by atoms with van der Waals surface area (Å²) in [7, 11) is 3.30. The Morgan fingerprint density at radius 2 is 2.04 bits per heavy atom. The van der Waals surface area contributed by atoms with Crippen LogP contribution in [0.2, 0.25) is 0 Å². The number of methoxy groups -OCH3 is 2. The molecule has 0 atom stereocenters. The molecular weight excluding hydrogens is 361 g/mol. The number of nitrogens with one attached hydrogen (secondary N) is 2. The van der Waals surface area contributed by atoms with Crippen molar-refractivity contribution in [1.29, 1.82) is 0 Å². The van der Waals surface area contributed by atoms with Crippen molar-refractivity contribution in [3.05, 3.63) is 53.3 Å². The van der Waals surface area contributed by atoms with E-state index >= 15 is 0 Å². The van der Waals surface area contributed by atoms with Gasteiger partial charge >= 0.3 is 0 Å². The van der Waals surface area contributed by atoms with Gasteiger partial charge < -0.3 is 19.5 Å². The van der Waals surface area contributed by atoms with Crippen LogP contribution in [-0.4, -0.2) is 37.6 Å². The standard InChI is InChI=1S/C21H22FN3O3/c1-26-7-4-8-28-19-10-13-9-17-20(16(13)12-18(19)27-2)24-25-21(17)23-15-6-3-5-14(22)11-15/h3,5-6,10-12H,4,7-9H2,1-2H3,(H2,23,24,25). The minimum Gasteiger partial charge on any atom is -0.493 e. The maximum Gasteiger partial charge on any atom is 0.161 e. The van der Waals surface area contributed by atoms with E-state index < -0.39 is 0 Å². The lowest BCUT2D eigenvalue weighted by Crippen LogP contribution is -2.03. The Kier molecular flexibility index (Phi) is 5.16. The molecule has 3 aromatic rings. The first-order valence-electron chi connectivity index (χ1n) is 9.12. The van der Waals surface area contributed by atoms with Gasteiger partial charge in [-0.2, -0.15) is 5.10 Å². The predicted molar refractivity (Wildman–Crippen MR) is 105 cm³/mol. The van der Waals surface area contributed by atoms with Gasteiger partial charge in [-0.3, -0.25) is 5.10 Å². The fourth-order valence-electron chi connectivity index (χ4n) is 3.40. The number of hydrogen-bond acceptors (Lipinski definition) is 5. The number of aromatic amines is 1. The lowest BCUT2D eigenvalue weighted by molar-refractivity contribution is 0.170. The van der Waals surface area contributed by atoms with Crippen molar-refractivity contribution in [3.8, 4) is 22.8 Å². The van der Waals surface area contributed by atoms with Crippen LogP contribution in [0.4, 0.5) is 15.9 Å². The summed E-state index contributed by atoms with van der Waals surface area (Å²) in [4.78, 5) is 0. The van der Waals surface area contributed by atoms with E-state index in [1.54, 1.807) is 26.4 Å². The van der Waals surface area contributed by atoms with E-state index in [-0.39, 0.29) is 5.82 Å². The first-order valence-corrected chi connectivity index (χ1v) is 9.12. The van der Waals surface area contributed by atoms with Gasteiger partial charge in [0.05, 0.1) is 19.4 Å². The smallest absolute Gasteiger partial charge is 0.161 e. The minimum absolute atomic E-state index is 0.291. The second-order valence-corrected chi connectivity index (χ2v) is 6.59. The molecule has 2 aromatic carbocycles. The highest BCUT2D eigenvalue weighted by Crippen LogP contribution is 2.44. The quantitative estimate of drug-likeness (QED) is 0.444. The average molecular weight is 383 g/mol. The Hall–Kier alpha value is -3.06. The van der Waals surface area contributed by atoms with Crippen LogP contribution in [0.15, 0.2) is 36.4 Å². The van der Waals surface area contributed by atoms with E-state index in [1.807, 2.05) is 12.1 Å². The van der Waals surface area contributed by atoms with E-state index in [9.17, 15) is 4.39 Å². The summed E-state index contributed by atoms with van der Waals surface area (Å²) < 4.78 is 29.9. The van der Waals surface area contributed by atoms with Crippen LogP contribution in [0, 0.1) is 5.82 Å². The fourth-order valence-corrected chi connectivity index (χ4v) is 3.40. The highest BCUT2D eigenvalue weighted by atomic mass is 19.1. The molecule has 0 unspecified atom stereocenters. The summed E-state index contributed by atoms with van der Waals surface area (Å²) in [5.41, 5.74) is 4.81. The van der Waals surface area contributed by atoms with Crippen molar-refractivity contribution in [2.75, 3.05) is 32.8 Å². The van der Waals surface area contributed by atoms with Gasteiger partial charge in [-0.1, -0.05) is 6.07 Å². The van der Waals surface area contributed by atoms with Gasteiger partial charge in [0.25, 0.3) is 0 Å². The minimum atomic E-state index is -0.291. The van der Waals surface area contributed by atoms with Crippen LogP contribution < -0.4 is 14.8 Å². The summed E-state index contributed by atoms with van der Waals surface area (Å²) in [6, 6.07) is 10.3. The van der Waals surface area contributed by atoms with Crippen LogP contribution >= 0.6 is 0 Å². The number of H-pyrrole nitrogens is 1. The zero-order valence-electron chi connectivity index (χ0n) is 15.8. The molecule has 2 N–H and O–H groups in total. The molecule has 28 heavy (non-hydrogen) atoms. The lowest BCUT2D eigenvalue weighted by atomic mass is 10.1. The molecular formula is C21H22FN3O3. The molecule has 1 aromatic heterocycles. The SMILES string of the molecule is COCCCOc1cc2c(cc1OC)-c1[nH]nc(Nc3cccc(F)c3)c1C2. The molecule has 6 nitrogen and oxygen atoms in total. The largest absolute Gasteiger partial charge is 0.493 e. The lowest BCUT2D eigenvalue weighted by Gasteiger charge is -2.13. The molecule has 0 fully saturated rings. The summed E-state index contributed by atoms with van der Waals surface area (Å²) in [6.45, 7) is 1.21. The molecule has 0 saturated carbocycles. The molecule has 0 bridgehead atoms. The molecule has 0 amide bonds. The number of benzene rings is 2. The Morgan fingerprint density at radius 1 is 1.14 bits per heavy atom. The normalized spacial score (nSPS) is 11.8. The number of anilines is 2. The highest BCUT2D eigenvalue weighted by molar-refractivity contribution is 5.81. The van der Waals surface area contributed by atoms with Gasteiger partial charge in [0.15, 0.2) is 17.3 Å². The molecule has 4 rings (SSSR count). The van der Waals surface area contributed by atoms with Crippen molar-refractivity contribution >= 4 is 11.5 Å². The van der Waals surface area contributed by atoms with Crippen molar-refractivity contribution in [2.24, 2.45) is 0 Å². The van der Waals surface area contributed by atoms with Crippen LogP contribution in [0.25, 0.3) is 11.3 Å². The number of ether oxygens (including phenoxy) is 3. The highest BCUT2D eigenvalue weighted by Gasteiger charge is 2.27. The van der Waals surface area contributed by atoms with E-state index in [4.69, 9.17) is 14.2 Å². The monoisotopic (exact) mass is 383 g/mol. The number of fused-ring (bicyclic) bond motifs is 3. The number of hydrogen-bond donors (Lipinski definition) is 2. The summed E-state index contributed by atoms with van der Waals surface area (Å²) in [5, 5.41) is 10.6. The van der Waals surface area contributed by atoms with E-state index in [0.29, 0.717) is 36.9 Å². The van der Waals surface area contributed by atoms with Crippen molar-refractivity contribution in [1.82, 2.24) is 10.2 Å². The third kappa shape index (κ3) is 3.53. The van der Waals surface area contributed by atoms with Gasteiger partial charge in [-0.15, -0.1) is 0 Å². The van der Waals surface area contributed by atoms with Crippen LogP contribution in [-0.2, 0) is 11.2 Å². The zero-order valence-corrected chi connectivity index (χ0v) is 15.8. The third-order valence-electron chi connectivity index (χ3n) is 4.73. The van der Waals surface area contributed by atoms with Gasteiger partial charge in [0.1, 0.15) is 5.82 Å². The maximum absolute atomic E-state index is 13.5. The molecule has 1 heterocycles. The summed E-state index contributed by atoms with van der Waals surface area (Å²) >= 11 is 0. The predicted octanol–water partition coefficient (Wildman–Crippen LogP) is 4.29. The second-order valence-electron chi connectivity index (χ2n) is 6.59. The van der Waals surface area contributed by atoms with Crippen LogP contribution in [0.5, 0.6) is 11.5 Å². The molecule has 0 aliphatic heterocycles. The van der Waals surface area contributed by atoms with E-state index in [2.05, 4.69) is 15.5 Å². The number of rotatable bonds is 8. The number of halogens is 1. The molecule has 1 aliphatic carbocycles. The summed E-state index contributed by atoms with van der Waals surface area (Å²) in [6.07, 6.45) is 1.51. The van der Waals surface area contributed by atoms with Gasteiger partial charge in [-0.05, 0) is 35.9 Å². The first kappa shape index (κ1) is 18.3. The van der Waals surface area contributed by atoms with Crippen molar-refractivity contribution < 1.29 is 18.6 Å². The van der Waals surface area contributed by atoms with Crippen molar-refractivity contribution in [2.45, 2.75) is 12.8 Å². The van der Waals surface area contributed by atoms with Gasteiger partial charge in [-0.25, -0.2) is 4.39 Å². The molecule has 7 heteroatoms. The van der Waals surface area contributed by atoms with E-state index in [1.165, 1.54) is 12.1 Å². The molecule has 146 valence electrons.